The molecule has 2 aromatic carbocycles. The molecular weight excluding hydrogens is 342 g/mol. The summed E-state index contributed by atoms with van der Waals surface area (Å²) >= 11 is 0. The molecule has 0 fully saturated rings. The van der Waals surface area contributed by atoms with Crippen molar-refractivity contribution in [3.8, 4) is 0 Å². The summed E-state index contributed by atoms with van der Waals surface area (Å²) in [5, 5.41) is 6.20. The number of aromatic nitrogens is 2. The number of nitrogens with zero attached hydrogens (tertiary/aromatic N) is 3. The number of amides is 1. The maximum atomic E-state index is 12.6. The number of carbonyl (C=O) groups is 1. The lowest BCUT2D eigenvalue weighted by Gasteiger charge is -2.29. The molecule has 0 aliphatic carbocycles. The molecule has 1 aromatic heterocycles. The standard InChI is InChI=1S/C21H25N3O3/c1-14-22-19(27-23-14)18(24(5)20(25)26-21(2,3)4)13-15-10-11-16-8-6-7-9-17(16)12-15/h6-12,18H,13H2,1-5H3/t18-/m1/s1. The summed E-state index contributed by atoms with van der Waals surface area (Å²) in [4.78, 5) is 18.5. The summed E-state index contributed by atoms with van der Waals surface area (Å²) in [7, 11) is 1.69. The van der Waals surface area contributed by atoms with Crippen LogP contribution in [0.2, 0.25) is 0 Å². The predicted molar refractivity (Wildman–Crippen MR) is 103 cm³/mol. The zero-order chi connectivity index (χ0) is 19.6. The van der Waals surface area contributed by atoms with Crippen molar-refractivity contribution in [2.45, 2.75) is 45.8 Å². The van der Waals surface area contributed by atoms with Gasteiger partial charge in [-0.1, -0.05) is 47.6 Å². The highest BCUT2D eigenvalue weighted by molar-refractivity contribution is 5.83. The topological polar surface area (TPSA) is 68.5 Å². The molecule has 1 heterocycles. The minimum atomic E-state index is -0.580. The molecule has 0 N–H and O–H groups in total. The van der Waals surface area contributed by atoms with Gasteiger partial charge < -0.3 is 9.26 Å². The van der Waals surface area contributed by atoms with Crippen molar-refractivity contribution >= 4 is 16.9 Å². The largest absolute Gasteiger partial charge is 0.444 e. The summed E-state index contributed by atoms with van der Waals surface area (Å²) in [5.74, 6) is 0.931. The number of fused-ring (bicyclic) bond motifs is 1. The molecule has 0 unspecified atom stereocenters. The molecule has 6 heteroatoms. The van der Waals surface area contributed by atoms with Crippen LogP contribution in [0.5, 0.6) is 0 Å². The van der Waals surface area contributed by atoms with Crippen molar-refractivity contribution in [1.82, 2.24) is 15.0 Å². The Hall–Kier alpha value is -2.89. The number of ether oxygens (including phenoxy) is 1. The van der Waals surface area contributed by atoms with Gasteiger partial charge >= 0.3 is 6.09 Å². The van der Waals surface area contributed by atoms with Gasteiger partial charge in [0.15, 0.2) is 5.82 Å². The van der Waals surface area contributed by atoms with E-state index in [0.29, 0.717) is 18.1 Å². The van der Waals surface area contributed by atoms with Gasteiger partial charge in [-0.25, -0.2) is 4.79 Å². The molecule has 0 spiro atoms. The third kappa shape index (κ3) is 4.64. The number of rotatable bonds is 4. The number of hydrogen-bond acceptors (Lipinski definition) is 5. The zero-order valence-corrected chi connectivity index (χ0v) is 16.4. The van der Waals surface area contributed by atoms with Crippen LogP contribution in [-0.4, -0.2) is 33.8 Å². The molecule has 0 aliphatic rings. The minimum Gasteiger partial charge on any atom is -0.444 e. The Kier molecular flexibility index (Phi) is 5.17. The first kappa shape index (κ1) is 18.9. The second-order valence-corrected chi connectivity index (χ2v) is 7.67. The lowest BCUT2D eigenvalue weighted by molar-refractivity contribution is 0.0190. The van der Waals surface area contributed by atoms with Gasteiger partial charge in [0, 0.05) is 13.5 Å². The maximum Gasteiger partial charge on any atom is 0.410 e. The number of likely N-dealkylation sites (N-methyl/N-ethyl adjacent to an activating group) is 1. The molecule has 0 radical (unpaired) electrons. The summed E-state index contributed by atoms with van der Waals surface area (Å²) in [6, 6.07) is 14.0. The SMILES string of the molecule is Cc1noc([C@@H](Cc2ccc3ccccc3c2)N(C)C(=O)OC(C)(C)C)n1. The van der Waals surface area contributed by atoms with E-state index in [1.807, 2.05) is 32.9 Å². The summed E-state index contributed by atoms with van der Waals surface area (Å²) in [6.07, 6.45) is 0.117. The van der Waals surface area contributed by atoms with Crippen LogP contribution in [0, 0.1) is 6.92 Å². The van der Waals surface area contributed by atoms with Crippen LogP contribution in [0.15, 0.2) is 47.0 Å². The molecule has 6 nitrogen and oxygen atoms in total. The number of benzene rings is 2. The van der Waals surface area contributed by atoms with E-state index in [9.17, 15) is 4.79 Å². The fourth-order valence-electron chi connectivity index (χ4n) is 2.89. The highest BCUT2D eigenvalue weighted by Gasteiger charge is 2.30. The Morgan fingerprint density at radius 3 is 2.52 bits per heavy atom. The van der Waals surface area contributed by atoms with Gasteiger partial charge in [0.2, 0.25) is 5.89 Å². The molecular formula is C21H25N3O3. The van der Waals surface area contributed by atoms with Crippen LogP contribution < -0.4 is 0 Å². The van der Waals surface area contributed by atoms with Crippen LogP contribution in [0.25, 0.3) is 10.8 Å². The molecule has 1 atom stereocenters. The highest BCUT2D eigenvalue weighted by atomic mass is 16.6. The lowest BCUT2D eigenvalue weighted by atomic mass is 10.0. The third-order valence-electron chi connectivity index (χ3n) is 4.22. The van der Waals surface area contributed by atoms with Crippen LogP contribution in [0.1, 0.15) is 44.1 Å². The van der Waals surface area contributed by atoms with E-state index in [1.54, 1.807) is 14.0 Å². The first-order valence-corrected chi connectivity index (χ1v) is 8.96. The van der Waals surface area contributed by atoms with Gasteiger partial charge in [0.1, 0.15) is 11.6 Å². The van der Waals surface area contributed by atoms with E-state index in [4.69, 9.17) is 9.26 Å². The average Bonchev–Trinajstić information content (AvgIpc) is 3.03. The summed E-state index contributed by atoms with van der Waals surface area (Å²) in [6.45, 7) is 7.28. The summed E-state index contributed by atoms with van der Waals surface area (Å²) in [5.41, 5.74) is 0.494. The van der Waals surface area contributed by atoms with E-state index in [-0.39, 0.29) is 0 Å². The Morgan fingerprint density at radius 1 is 1.19 bits per heavy atom. The first-order valence-electron chi connectivity index (χ1n) is 8.96. The van der Waals surface area contributed by atoms with Crippen molar-refractivity contribution in [2.75, 3.05) is 7.05 Å². The number of hydrogen-bond donors (Lipinski definition) is 0. The Labute approximate surface area is 159 Å². The van der Waals surface area contributed by atoms with Gasteiger partial charge in [-0.3, -0.25) is 4.90 Å². The molecule has 3 rings (SSSR count). The lowest BCUT2D eigenvalue weighted by Crippen LogP contribution is -2.37. The number of aryl methyl sites for hydroxylation is 1. The average molecular weight is 367 g/mol. The smallest absolute Gasteiger partial charge is 0.410 e. The molecule has 142 valence electrons. The van der Waals surface area contributed by atoms with Gasteiger partial charge in [0.05, 0.1) is 0 Å². The van der Waals surface area contributed by atoms with Gasteiger partial charge in [0.25, 0.3) is 0 Å². The zero-order valence-electron chi connectivity index (χ0n) is 16.4. The maximum absolute atomic E-state index is 12.6. The quantitative estimate of drug-likeness (QED) is 0.669. The van der Waals surface area contributed by atoms with E-state index in [2.05, 4.69) is 40.5 Å². The van der Waals surface area contributed by atoms with Gasteiger partial charge in [-0.2, -0.15) is 4.98 Å². The summed E-state index contributed by atoms with van der Waals surface area (Å²) < 4.78 is 10.9. The van der Waals surface area contributed by atoms with Crippen molar-refractivity contribution in [3.05, 3.63) is 59.7 Å². The van der Waals surface area contributed by atoms with Crippen LogP contribution in [0.3, 0.4) is 0 Å². The van der Waals surface area contributed by atoms with E-state index in [0.717, 1.165) is 10.9 Å². The van der Waals surface area contributed by atoms with E-state index < -0.39 is 17.7 Å². The van der Waals surface area contributed by atoms with Crippen LogP contribution in [-0.2, 0) is 11.2 Å². The molecule has 3 aromatic rings. The van der Waals surface area contributed by atoms with Crippen molar-refractivity contribution in [3.63, 3.8) is 0 Å². The normalized spacial score (nSPS) is 12.8. The molecule has 27 heavy (non-hydrogen) atoms. The van der Waals surface area contributed by atoms with E-state index >= 15 is 0 Å². The molecule has 0 saturated heterocycles. The highest BCUT2D eigenvalue weighted by Crippen LogP contribution is 2.26. The van der Waals surface area contributed by atoms with E-state index in [1.165, 1.54) is 10.3 Å². The van der Waals surface area contributed by atoms with Crippen molar-refractivity contribution in [1.29, 1.82) is 0 Å². The van der Waals surface area contributed by atoms with Crippen molar-refractivity contribution < 1.29 is 14.1 Å². The Balaban J connectivity index is 1.90. The predicted octanol–water partition coefficient (Wildman–Crippen LogP) is 4.68. The van der Waals surface area contributed by atoms with Gasteiger partial charge in [-0.05, 0) is 44.0 Å². The third-order valence-corrected chi connectivity index (χ3v) is 4.22. The van der Waals surface area contributed by atoms with Gasteiger partial charge in [-0.15, -0.1) is 0 Å². The van der Waals surface area contributed by atoms with Crippen molar-refractivity contribution in [2.24, 2.45) is 0 Å². The van der Waals surface area contributed by atoms with Crippen LogP contribution in [0.4, 0.5) is 4.79 Å². The van der Waals surface area contributed by atoms with Crippen LogP contribution >= 0.6 is 0 Å². The Morgan fingerprint density at radius 2 is 1.89 bits per heavy atom. The Bertz CT molecular complexity index is 943. The number of carbonyl (C=O) groups excluding carboxylic acids is 1. The molecule has 0 saturated carbocycles. The second-order valence-electron chi connectivity index (χ2n) is 7.67. The fourth-order valence-corrected chi connectivity index (χ4v) is 2.89. The molecule has 1 amide bonds. The molecule has 0 aliphatic heterocycles. The minimum absolute atomic E-state index is 0.397. The fraction of sp³-hybridized carbons (Fsp3) is 0.381. The molecule has 0 bridgehead atoms. The second kappa shape index (κ2) is 7.39. The monoisotopic (exact) mass is 367 g/mol. The first-order chi connectivity index (χ1) is 12.7.